The van der Waals surface area contributed by atoms with Crippen LogP contribution >= 0.6 is 0 Å². The quantitative estimate of drug-likeness (QED) is 0.364. The molecule has 0 aromatic carbocycles. The van der Waals surface area contributed by atoms with Gasteiger partial charge in [0.2, 0.25) is 11.4 Å². The average Bonchev–Trinajstić information content (AvgIpc) is 3.19. The number of nitrogens with zero attached hydrogens (tertiary/aromatic N) is 6. The lowest BCUT2D eigenvalue weighted by Gasteiger charge is -1.92. The molecule has 0 bridgehead atoms. The van der Waals surface area contributed by atoms with Crippen molar-refractivity contribution in [1.82, 2.24) is 15.5 Å². The summed E-state index contributed by atoms with van der Waals surface area (Å²) in [6.07, 6.45) is 0. The molecule has 0 saturated heterocycles. The van der Waals surface area contributed by atoms with Crippen molar-refractivity contribution in [3.8, 4) is 0 Å². The predicted molar refractivity (Wildman–Crippen MR) is 62.7 cm³/mol. The van der Waals surface area contributed by atoms with Crippen LogP contribution in [0.2, 0.25) is 0 Å². The van der Waals surface area contributed by atoms with Crippen molar-refractivity contribution in [2.45, 2.75) is 13.8 Å². The zero-order valence-corrected chi connectivity index (χ0v) is 11.9. The lowest BCUT2D eigenvalue weighted by molar-refractivity contribution is -0.807. The molecule has 14 nitrogen and oxygen atoms in total. The Morgan fingerprint density at radius 1 is 0.750 bits per heavy atom. The largest absolute Gasteiger partial charge is 0.359 e. The summed E-state index contributed by atoms with van der Waals surface area (Å²) in [6.45, 7) is 2.44. The Morgan fingerprint density at radius 2 is 1.17 bits per heavy atom. The molecule has 0 radical (unpaired) electrons. The maximum atomic E-state index is 12.4. The summed E-state index contributed by atoms with van der Waals surface area (Å²) >= 11 is 0. The van der Waals surface area contributed by atoms with Crippen LogP contribution in [0.15, 0.2) is 13.9 Å². The summed E-state index contributed by atoms with van der Waals surface area (Å²) < 4.78 is 12.7. The molecule has 24 heavy (non-hydrogen) atoms. The number of carbonyl (C=O) groups is 2. The van der Waals surface area contributed by atoms with E-state index in [9.17, 15) is 25.2 Å². The van der Waals surface area contributed by atoms with Gasteiger partial charge in [0.15, 0.2) is 0 Å². The fourth-order valence-electron chi connectivity index (χ4n) is 1.81. The van der Waals surface area contributed by atoms with Gasteiger partial charge in [-0.25, -0.2) is 0 Å². The SMILES string of the molecule is Cc1c(C(=O)c2no[n+]([O-])c2C(=O)c2no[n+]([O-])c2C)no[n+]1[O-]. The number of aromatic nitrogens is 6. The highest BCUT2D eigenvalue weighted by molar-refractivity contribution is 6.16. The van der Waals surface area contributed by atoms with Crippen molar-refractivity contribution >= 4 is 11.6 Å². The van der Waals surface area contributed by atoms with Crippen molar-refractivity contribution < 1.29 is 38.2 Å². The Bertz CT molecular complexity index is 968. The zero-order chi connectivity index (χ0) is 17.6. The summed E-state index contributed by atoms with van der Waals surface area (Å²) in [7, 11) is 0. The van der Waals surface area contributed by atoms with Gasteiger partial charge in [-0.2, -0.15) is 0 Å². The molecule has 0 unspecified atom stereocenters. The highest BCUT2D eigenvalue weighted by Crippen LogP contribution is 2.14. The minimum atomic E-state index is -1.14. The van der Waals surface area contributed by atoms with Crippen molar-refractivity contribution in [1.29, 1.82) is 0 Å². The van der Waals surface area contributed by atoms with Crippen LogP contribution in [0.1, 0.15) is 43.8 Å². The normalized spacial score (nSPS) is 10.9. The summed E-state index contributed by atoms with van der Waals surface area (Å²) in [5.74, 6) is -2.20. The van der Waals surface area contributed by atoms with E-state index >= 15 is 0 Å². The van der Waals surface area contributed by atoms with E-state index in [1.807, 2.05) is 0 Å². The van der Waals surface area contributed by atoms with Crippen LogP contribution in [0.4, 0.5) is 0 Å². The molecule has 3 aromatic rings. The van der Waals surface area contributed by atoms with Gasteiger partial charge >= 0.3 is 5.69 Å². The van der Waals surface area contributed by atoms with Gasteiger partial charge in [-0.05, 0) is 14.7 Å². The van der Waals surface area contributed by atoms with Gasteiger partial charge in [0, 0.05) is 13.8 Å². The molecule has 0 saturated carbocycles. The van der Waals surface area contributed by atoms with Crippen LogP contribution in [0.25, 0.3) is 0 Å². The van der Waals surface area contributed by atoms with Crippen molar-refractivity contribution in [2.75, 3.05) is 0 Å². The Hall–Kier alpha value is -3.84. The standard InChI is InChI=1S/C10H6N6O8/c1-3-5(11-22-14(3)19)9(17)7-8(16(21)24-13-7)10(18)6-4(2)15(20)23-12-6/h1-2H3. The number of hydrogen-bond donors (Lipinski definition) is 0. The second kappa shape index (κ2) is 5.11. The third-order valence-corrected chi connectivity index (χ3v) is 3.12. The number of hydrogen-bond acceptors (Lipinski definition) is 11. The van der Waals surface area contributed by atoms with Crippen LogP contribution in [0, 0.1) is 29.5 Å². The molecule has 0 aliphatic carbocycles. The molecule has 124 valence electrons. The topological polar surface area (TPSA) is 193 Å². The van der Waals surface area contributed by atoms with E-state index in [1.54, 1.807) is 0 Å². The number of rotatable bonds is 4. The molecule has 0 spiro atoms. The van der Waals surface area contributed by atoms with Crippen LogP contribution in [0.3, 0.4) is 0 Å². The van der Waals surface area contributed by atoms with Gasteiger partial charge < -0.3 is 15.6 Å². The Kier molecular flexibility index (Phi) is 3.21. The van der Waals surface area contributed by atoms with Crippen LogP contribution in [-0.4, -0.2) is 27.0 Å². The average molecular weight is 338 g/mol. The molecular weight excluding hydrogens is 332 g/mol. The van der Waals surface area contributed by atoms with E-state index in [0.29, 0.717) is 0 Å². The second-order valence-electron chi connectivity index (χ2n) is 4.51. The summed E-state index contributed by atoms with van der Waals surface area (Å²) in [4.78, 5) is 24.2. The summed E-state index contributed by atoms with van der Waals surface area (Å²) in [6, 6.07) is 0. The molecule has 0 fully saturated rings. The van der Waals surface area contributed by atoms with Gasteiger partial charge in [-0.1, -0.05) is 0 Å². The van der Waals surface area contributed by atoms with Crippen molar-refractivity contribution in [3.05, 3.63) is 49.8 Å². The first-order chi connectivity index (χ1) is 11.3. The van der Waals surface area contributed by atoms with E-state index in [-0.39, 0.29) is 26.1 Å². The van der Waals surface area contributed by atoms with E-state index in [2.05, 4.69) is 29.4 Å². The van der Waals surface area contributed by atoms with Gasteiger partial charge in [0.05, 0.1) is 15.5 Å². The third-order valence-electron chi connectivity index (χ3n) is 3.12. The monoisotopic (exact) mass is 338 g/mol. The number of carbonyl (C=O) groups excluding carboxylic acids is 2. The first-order valence-corrected chi connectivity index (χ1v) is 6.14. The summed E-state index contributed by atoms with van der Waals surface area (Å²) in [5.41, 5.74) is -3.02. The zero-order valence-electron chi connectivity index (χ0n) is 11.9. The molecule has 0 atom stereocenters. The van der Waals surface area contributed by atoms with E-state index in [4.69, 9.17) is 0 Å². The van der Waals surface area contributed by atoms with Gasteiger partial charge in [-0.3, -0.25) is 23.5 Å². The summed E-state index contributed by atoms with van der Waals surface area (Å²) in [5, 5.41) is 43.6. The lowest BCUT2D eigenvalue weighted by Crippen LogP contribution is -2.34. The first kappa shape index (κ1) is 15.1. The Morgan fingerprint density at radius 3 is 1.62 bits per heavy atom. The van der Waals surface area contributed by atoms with E-state index in [0.717, 1.165) is 0 Å². The maximum absolute atomic E-state index is 12.4. The predicted octanol–water partition coefficient (Wildman–Crippen LogP) is -2.37. The smallest absolute Gasteiger partial charge is 0.304 e. The van der Waals surface area contributed by atoms with Crippen LogP contribution in [0.5, 0.6) is 0 Å². The molecule has 3 rings (SSSR count). The van der Waals surface area contributed by atoms with Crippen LogP contribution in [-0.2, 0) is 0 Å². The first-order valence-electron chi connectivity index (χ1n) is 6.14. The minimum Gasteiger partial charge on any atom is -0.359 e. The molecule has 0 N–H and O–H groups in total. The molecule has 0 aliphatic heterocycles. The van der Waals surface area contributed by atoms with Gasteiger partial charge in [0.25, 0.3) is 28.6 Å². The maximum Gasteiger partial charge on any atom is 0.304 e. The molecule has 0 amide bonds. The minimum absolute atomic E-state index is 0.0395. The van der Waals surface area contributed by atoms with E-state index in [1.165, 1.54) is 13.8 Å². The van der Waals surface area contributed by atoms with Gasteiger partial charge in [0.1, 0.15) is 0 Å². The Balaban J connectivity index is 2.10. The lowest BCUT2D eigenvalue weighted by atomic mass is 10.1. The molecule has 0 aliphatic rings. The van der Waals surface area contributed by atoms with Gasteiger partial charge in [-0.15, -0.1) is 0 Å². The van der Waals surface area contributed by atoms with Crippen LogP contribution < -0.4 is 14.7 Å². The highest BCUT2D eigenvalue weighted by atomic mass is 16.8. The number of ketones is 2. The van der Waals surface area contributed by atoms with Crippen molar-refractivity contribution in [2.24, 2.45) is 0 Å². The van der Waals surface area contributed by atoms with E-state index < -0.39 is 34.3 Å². The second-order valence-corrected chi connectivity index (χ2v) is 4.51. The molecule has 14 heteroatoms. The molecular formula is C10H6N6O8. The van der Waals surface area contributed by atoms with Crippen molar-refractivity contribution in [3.63, 3.8) is 0 Å². The molecule has 3 heterocycles. The molecule has 3 aromatic heterocycles. The fourth-order valence-corrected chi connectivity index (χ4v) is 1.81. The Labute approximate surface area is 130 Å². The third kappa shape index (κ3) is 2.04. The fraction of sp³-hybridized carbons (Fsp3) is 0.200. The highest BCUT2D eigenvalue weighted by Gasteiger charge is 2.41.